The molecular weight excluding hydrogens is 446 g/mol. The molecule has 2 amide bonds. The summed E-state index contributed by atoms with van der Waals surface area (Å²) in [5, 5.41) is 1.71. The second kappa shape index (κ2) is 8.03. The molecule has 34 heavy (non-hydrogen) atoms. The van der Waals surface area contributed by atoms with Crippen LogP contribution < -0.4 is 0 Å². The van der Waals surface area contributed by atoms with E-state index in [9.17, 15) is 9.59 Å². The number of aromatic nitrogens is 1. The molecule has 0 spiro atoms. The molecule has 2 aliphatic rings. The predicted molar refractivity (Wildman–Crippen MR) is 133 cm³/mol. The van der Waals surface area contributed by atoms with Gasteiger partial charge in [0.2, 0.25) is 11.8 Å². The van der Waals surface area contributed by atoms with Crippen molar-refractivity contribution in [1.82, 2.24) is 14.8 Å². The molecule has 2 atom stereocenters. The molecule has 0 saturated carbocycles. The van der Waals surface area contributed by atoms with Gasteiger partial charge in [-0.2, -0.15) is 0 Å². The molecule has 0 radical (unpaired) electrons. The van der Waals surface area contributed by atoms with Gasteiger partial charge in [0.05, 0.1) is 6.04 Å². The van der Waals surface area contributed by atoms with Crippen molar-refractivity contribution in [2.75, 3.05) is 6.54 Å². The third-order valence-corrected chi connectivity index (χ3v) is 7.51. The number of halogens is 1. The minimum atomic E-state index is -0.556. The Morgan fingerprint density at radius 1 is 0.971 bits per heavy atom. The highest BCUT2D eigenvalue weighted by Crippen LogP contribution is 2.43. The Morgan fingerprint density at radius 3 is 2.53 bits per heavy atom. The van der Waals surface area contributed by atoms with Gasteiger partial charge in [-0.25, -0.2) is 0 Å². The van der Waals surface area contributed by atoms with Crippen molar-refractivity contribution < 1.29 is 9.59 Å². The normalized spacial score (nSPS) is 19.9. The van der Waals surface area contributed by atoms with Gasteiger partial charge in [-0.3, -0.25) is 9.59 Å². The summed E-state index contributed by atoms with van der Waals surface area (Å²) in [5.41, 5.74) is 6.13. The van der Waals surface area contributed by atoms with Crippen LogP contribution in [0.2, 0.25) is 5.02 Å². The summed E-state index contributed by atoms with van der Waals surface area (Å²) in [6.45, 7) is 2.42. The Hall–Kier alpha value is -3.57. The number of nitrogens with one attached hydrogen (secondary N) is 1. The number of aromatic amines is 1. The number of carbonyl (C=O) groups is 2. The first kappa shape index (κ1) is 21.0. The zero-order valence-corrected chi connectivity index (χ0v) is 19.5. The lowest BCUT2D eigenvalue weighted by Crippen LogP contribution is -2.62. The van der Waals surface area contributed by atoms with Crippen molar-refractivity contribution in [1.29, 1.82) is 0 Å². The monoisotopic (exact) mass is 469 g/mol. The van der Waals surface area contributed by atoms with E-state index in [1.165, 1.54) is 0 Å². The van der Waals surface area contributed by atoms with E-state index in [1.807, 2.05) is 53.4 Å². The molecule has 3 aromatic carbocycles. The maximum Gasteiger partial charge on any atom is 0.246 e. The number of piperazine rings is 1. The van der Waals surface area contributed by atoms with Crippen LogP contribution in [0.25, 0.3) is 10.9 Å². The van der Waals surface area contributed by atoms with Crippen LogP contribution in [-0.4, -0.2) is 39.2 Å². The first-order valence-corrected chi connectivity index (χ1v) is 11.9. The molecule has 1 saturated heterocycles. The number of benzene rings is 3. The molecule has 170 valence electrons. The summed E-state index contributed by atoms with van der Waals surface area (Å²) >= 11 is 6.37. The van der Waals surface area contributed by atoms with Crippen LogP contribution in [0, 0.1) is 6.92 Å². The zero-order chi connectivity index (χ0) is 23.4. The fourth-order valence-electron chi connectivity index (χ4n) is 5.51. The molecule has 1 unspecified atom stereocenters. The minimum absolute atomic E-state index is 0.0333. The molecule has 2 aliphatic heterocycles. The third kappa shape index (κ3) is 3.23. The molecule has 6 heteroatoms. The van der Waals surface area contributed by atoms with Gasteiger partial charge < -0.3 is 14.8 Å². The standard InChI is InChI=1S/C28H24ClN3O2/c1-17-8-2-4-10-19(17)27-26-21(20-11-5-7-13-23(20)30-26)14-24-28(34)31(16-25(33)32(24)27)15-18-9-3-6-12-22(18)29/h2-13,24,27,30H,14-16H2,1H3/t24-,27?/m0/s1. The first-order valence-electron chi connectivity index (χ1n) is 11.5. The molecule has 1 N–H and O–H groups in total. The van der Waals surface area contributed by atoms with E-state index >= 15 is 0 Å². The highest BCUT2D eigenvalue weighted by molar-refractivity contribution is 6.31. The summed E-state index contributed by atoms with van der Waals surface area (Å²) in [6.07, 6.45) is 0.491. The van der Waals surface area contributed by atoms with E-state index in [4.69, 9.17) is 11.6 Å². The second-order valence-corrected chi connectivity index (χ2v) is 9.54. The predicted octanol–water partition coefficient (Wildman–Crippen LogP) is 5.01. The van der Waals surface area contributed by atoms with Crippen molar-refractivity contribution >= 4 is 34.3 Å². The largest absolute Gasteiger partial charge is 0.356 e. The van der Waals surface area contributed by atoms with E-state index in [1.54, 1.807) is 4.90 Å². The molecule has 5 nitrogen and oxygen atoms in total. The van der Waals surface area contributed by atoms with Gasteiger partial charge in [0.1, 0.15) is 12.6 Å². The number of carbonyl (C=O) groups excluding carboxylic acids is 2. The third-order valence-electron chi connectivity index (χ3n) is 7.14. The Kier molecular flexibility index (Phi) is 4.96. The average Bonchev–Trinajstić information content (AvgIpc) is 3.21. The van der Waals surface area contributed by atoms with E-state index in [0.29, 0.717) is 18.0 Å². The fourth-order valence-corrected chi connectivity index (χ4v) is 5.70. The summed E-state index contributed by atoms with van der Waals surface area (Å²) in [4.78, 5) is 34.5. The number of para-hydroxylation sites is 1. The molecule has 0 aliphatic carbocycles. The lowest BCUT2D eigenvalue weighted by molar-refractivity contribution is -0.159. The van der Waals surface area contributed by atoms with Crippen LogP contribution in [0.1, 0.15) is 34.0 Å². The summed E-state index contributed by atoms with van der Waals surface area (Å²) in [6, 6.07) is 22.9. The molecular formula is C28H24ClN3O2. The molecule has 3 heterocycles. The summed E-state index contributed by atoms with van der Waals surface area (Å²) < 4.78 is 0. The van der Waals surface area contributed by atoms with Crippen molar-refractivity contribution in [2.24, 2.45) is 0 Å². The number of hydrogen-bond donors (Lipinski definition) is 1. The Balaban J connectivity index is 1.47. The van der Waals surface area contributed by atoms with Gasteiger partial charge in [0.25, 0.3) is 0 Å². The zero-order valence-electron chi connectivity index (χ0n) is 18.8. The van der Waals surface area contributed by atoms with Crippen LogP contribution in [0.4, 0.5) is 0 Å². The Labute approximate surface area is 202 Å². The van der Waals surface area contributed by atoms with Gasteiger partial charge in [-0.05, 0) is 41.3 Å². The topological polar surface area (TPSA) is 56.4 Å². The fraction of sp³-hybridized carbons (Fsp3) is 0.214. The van der Waals surface area contributed by atoms with Crippen LogP contribution in [0.3, 0.4) is 0 Å². The van der Waals surface area contributed by atoms with Crippen LogP contribution in [0.5, 0.6) is 0 Å². The van der Waals surface area contributed by atoms with E-state index in [2.05, 4.69) is 36.2 Å². The number of nitrogens with zero attached hydrogens (tertiary/aromatic N) is 2. The van der Waals surface area contributed by atoms with E-state index in [-0.39, 0.29) is 24.4 Å². The van der Waals surface area contributed by atoms with Gasteiger partial charge in [0.15, 0.2) is 0 Å². The van der Waals surface area contributed by atoms with Crippen molar-refractivity contribution in [2.45, 2.75) is 32.0 Å². The smallest absolute Gasteiger partial charge is 0.246 e. The SMILES string of the molecule is Cc1ccccc1C1c2[nH]c3ccccc3c2C[C@H]2C(=O)N(Cc3ccccc3Cl)CC(=O)N12. The highest BCUT2D eigenvalue weighted by Gasteiger charge is 2.48. The highest BCUT2D eigenvalue weighted by atomic mass is 35.5. The number of aryl methyl sites for hydroxylation is 1. The lowest BCUT2D eigenvalue weighted by Gasteiger charge is -2.47. The maximum atomic E-state index is 13.8. The van der Waals surface area contributed by atoms with E-state index in [0.717, 1.165) is 38.9 Å². The number of fused-ring (bicyclic) bond motifs is 4. The Bertz CT molecular complexity index is 1440. The van der Waals surface area contributed by atoms with Crippen molar-refractivity contribution in [3.05, 3.63) is 106 Å². The number of amides is 2. The number of hydrogen-bond acceptors (Lipinski definition) is 2. The van der Waals surface area contributed by atoms with Gasteiger partial charge in [-0.1, -0.05) is 72.3 Å². The molecule has 1 fully saturated rings. The summed E-state index contributed by atoms with van der Waals surface area (Å²) in [7, 11) is 0. The quantitative estimate of drug-likeness (QED) is 0.458. The van der Waals surface area contributed by atoms with Crippen LogP contribution in [0.15, 0.2) is 72.8 Å². The molecule has 1 aromatic heterocycles. The van der Waals surface area contributed by atoms with Gasteiger partial charge in [-0.15, -0.1) is 0 Å². The lowest BCUT2D eigenvalue weighted by atomic mass is 9.85. The van der Waals surface area contributed by atoms with Crippen molar-refractivity contribution in [3.8, 4) is 0 Å². The van der Waals surface area contributed by atoms with E-state index < -0.39 is 6.04 Å². The van der Waals surface area contributed by atoms with Crippen LogP contribution >= 0.6 is 11.6 Å². The Morgan fingerprint density at radius 2 is 1.71 bits per heavy atom. The minimum Gasteiger partial charge on any atom is -0.356 e. The molecule has 4 aromatic rings. The summed E-state index contributed by atoms with van der Waals surface area (Å²) in [5.74, 6) is -0.0803. The van der Waals surface area contributed by atoms with Gasteiger partial charge >= 0.3 is 0 Å². The number of rotatable bonds is 3. The molecule has 0 bridgehead atoms. The van der Waals surface area contributed by atoms with Gasteiger partial charge in [0, 0.05) is 34.6 Å². The second-order valence-electron chi connectivity index (χ2n) is 9.13. The van der Waals surface area contributed by atoms with Crippen molar-refractivity contribution in [3.63, 3.8) is 0 Å². The number of H-pyrrole nitrogens is 1. The molecule has 6 rings (SSSR count). The van der Waals surface area contributed by atoms with Crippen LogP contribution in [-0.2, 0) is 22.6 Å². The first-order chi connectivity index (χ1) is 16.5. The average molecular weight is 470 g/mol. The maximum absolute atomic E-state index is 13.8.